The largest absolute Gasteiger partial charge is 0.302 e. The number of anilines is 1. The number of halogens is 1. The minimum atomic E-state index is -3.52. The molecular formula is C23H24ClN3O3S2. The topological polar surface area (TPSA) is 79.4 Å². The van der Waals surface area contributed by atoms with E-state index in [1.807, 2.05) is 25.1 Å². The second-order valence-electron chi connectivity index (χ2n) is 7.87. The Hall–Kier alpha value is -2.26. The summed E-state index contributed by atoms with van der Waals surface area (Å²) in [5, 5.41) is 4.19. The van der Waals surface area contributed by atoms with E-state index in [4.69, 9.17) is 11.6 Å². The molecule has 0 spiro atoms. The highest BCUT2D eigenvalue weighted by molar-refractivity contribution is 7.89. The zero-order valence-corrected chi connectivity index (χ0v) is 20.0. The summed E-state index contributed by atoms with van der Waals surface area (Å²) in [5.41, 5.74) is 2.13. The van der Waals surface area contributed by atoms with Crippen molar-refractivity contribution < 1.29 is 13.2 Å². The lowest BCUT2D eigenvalue weighted by molar-refractivity contribution is -0.120. The van der Waals surface area contributed by atoms with E-state index in [1.54, 1.807) is 36.5 Å². The number of piperidine rings is 1. The van der Waals surface area contributed by atoms with Gasteiger partial charge in [0.15, 0.2) is 5.13 Å². The highest BCUT2D eigenvalue weighted by Crippen LogP contribution is 2.27. The molecule has 4 rings (SSSR count). The van der Waals surface area contributed by atoms with Crippen LogP contribution in [0, 0.1) is 12.8 Å². The lowest BCUT2D eigenvalue weighted by Crippen LogP contribution is -2.41. The van der Waals surface area contributed by atoms with Crippen molar-refractivity contribution in [1.82, 2.24) is 9.29 Å². The second-order valence-corrected chi connectivity index (χ2v) is 11.3. The number of amides is 1. The average Bonchev–Trinajstić information content (AvgIpc) is 3.23. The number of hydrogen-bond acceptors (Lipinski definition) is 5. The summed E-state index contributed by atoms with van der Waals surface area (Å²) in [6, 6.07) is 14.4. The van der Waals surface area contributed by atoms with Gasteiger partial charge in [-0.2, -0.15) is 4.31 Å². The first-order valence-electron chi connectivity index (χ1n) is 10.4. The molecule has 3 aromatic rings. The Bertz CT molecular complexity index is 1200. The molecule has 6 nitrogen and oxygen atoms in total. The fourth-order valence-electron chi connectivity index (χ4n) is 3.70. The van der Waals surface area contributed by atoms with Crippen LogP contribution in [0.25, 0.3) is 0 Å². The Labute approximate surface area is 197 Å². The first-order valence-corrected chi connectivity index (χ1v) is 13.0. The SMILES string of the molecule is Cc1ccc(Cc2cnc(NC(=O)C3CCN(S(=O)(=O)c4ccccc4)CC3)s2)cc1Cl. The van der Waals surface area contributed by atoms with E-state index in [-0.39, 0.29) is 16.7 Å². The summed E-state index contributed by atoms with van der Waals surface area (Å²) in [5.74, 6) is -0.346. The number of aromatic nitrogens is 1. The predicted octanol–water partition coefficient (Wildman–Crippen LogP) is 4.74. The van der Waals surface area contributed by atoms with E-state index in [0.29, 0.717) is 37.5 Å². The van der Waals surface area contributed by atoms with Crippen molar-refractivity contribution in [2.24, 2.45) is 5.92 Å². The van der Waals surface area contributed by atoms with Crippen LogP contribution in [-0.4, -0.2) is 36.7 Å². The van der Waals surface area contributed by atoms with Crippen LogP contribution in [0.3, 0.4) is 0 Å². The number of hydrogen-bond donors (Lipinski definition) is 1. The van der Waals surface area contributed by atoms with E-state index in [9.17, 15) is 13.2 Å². The highest BCUT2D eigenvalue weighted by Gasteiger charge is 2.32. The number of carbonyl (C=O) groups excluding carboxylic acids is 1. The Kier molecular flexibility index (Phi) is 6.95. The van der Waals surface area contributed by atoms with Gasteiger partial charge in [-0.3, -0.25) is 4.79 Å². The number of aryl methyl sites for hydroxylation is 1. The fraction of sp³-hybridized carbons (Fsp3) is 0.304. The highest BCUT2D eigenvalue weighted by atomic mass is 35.5. The number of carbonyl (C=O) groups is 1. The number of nitrogens with one attached hydrogen (secondary N) is 1. The van der Waals surface area contributed by atoms with Crippen molar-refractivity contribution in [1.29, 1.82) is 0 Å². The minimum absolute atomic E-state index is 0.110. The van der Waals surface area contributed by atoms with Crippen LogP contribution in [0.2, 0.25) is 5.02 Å². The molecule has 0 saturated carbocycles. The predicted molar refractivity (Wildman–Crippen MR) is 128 cm³/mol. The Balaban J connectivity index is 1.32. The number of nitrogens with zero attached hydrogens (tertiary/aromatic N) is 2. The third kappa shape index (κ3) is 5.20. The Morgan fingerprint density at radius 2 is 1.91 bits per heavy atom. The third-order valence-corrected chi connectivity index (χ3v) is 8.84. The zero-order chi connectivity index (χ0) is 22.7. The van der Waals surface area contributed by atoms with Gasteiger partial charge in [-0.15, -0.1) is 11.3 Å². The summed E-state index contributed by atoms with van der Waals surface area (Å²) in [6.07, 6.45) is 3.43. The Morgan fingerprint density at radius 1 is 1.19 bits per heavy atom. The van der Waals surface area contributed by atoms with Crippen molar-refractivity contribution in [2.75, 3.05) is 18.4 Å². The van der Waals surface area contributed by atoms with Gasteiger partial charge in [-0.05, 0) is 49.1 Å². The number of sulfonamides is 1. The molecule has 2 aromatic carbocycles. The summed E-state index contributed by atoms with van der Waals surface area (Å²) in [7, 11) is -3.52. The third-order valence-electron chi connectivity index (χ3n) is 5.60. The minimum Gasteiger partial charge on any atom is -0.302 e. The van der Waals surface area contributed by atoms with Crippen molar-refractivity contribution in [2.45, 2.75) is 31.1 Å². The lowest BCUT2D eigenvalue weighted by Gasteiger charge is -2.30. The van der Waals surface area contributed by atoms with Crippen LogP contribution in [0.1, 0.15) is 28.8 Å². The first kappa shape index (κ1) is 22.9. The van der Waals surface area contributed by atoms with Gasteiger partial charge >= 0.3 is 0 Å². The number of benzene rings is 2. The second kappa shape index (κ2) is 9.70. The molecule has 0 bridgehead atoms. The van der Waals surface area contributed by atoms with Gasteiger partial charge in [0.2, 0.25) is 15.9 Å². The molecule has 1 aromatic heterocycles. The molecule has 0 atom stereocenters. The molecule has 1 fully saturated rings. The smallest absolute Gasteiger partial charge is 0.243 e. The lowest BCUT2D eigenvalue weighted by atomic mass is 9.97. The van der Waals surface area contributed by atoms with Crippen molar-refractivity contribution >= 4 is 44.0 Å². The van der Waals surface area contributed by atoms with Crippen LogP contribution in [0.4, 0.5) is 5.13 Å². The summed E-state index contributed by atoms with van der Waals surface area (Å²) < 4.78 is 27.0. The van der Waals surface area contributed by atoms with E-state index < -0.39 is 10.0 Å². The van der Waals surface area contributed by atoms with Crippen LogP contribution in [0.5, 0.6) is 0 Å². The summed E-state index contributed by atoms with van der Waals surface area (Å²) in [6.45, 7) is 2.62. The molecule has 2 heterocycles. The standard InChI is InChI=1S/C23H24ClN3O3S2/c1-16-7-8-17(14-21(16)24)13-19-15-25-23(31-19)26-22(28)18-9-11-27(12-10-18)32(29,30)20-5-3-2-4-6-20/h2-8,14-15,18H,9-13H2,1H3,(H,25,26,28). The molecule has 1 aliphatic heterocycles. The maximum Gasteiger partial charge on any atom is 0.243 e. The van der Waals surface area contributed by atoms with Crippen molar-refractivity contribution in [3.63, 3.8) is 0 Å². The van der Waals surface area contributed by atoms with E-state index >= 15 is 0 Å². The molecule has 0 aliphatic carbocycles. The normalized spacial score (nSPS) is 15.6. The maximum absolute atomic E-state index is 12.8. The molecule has 1 saturated heterocycles. The Morgan fingerprint density at radius 3 is 2.59 bits per heavy atom. The molecule has 1 aliphatic rings. The molecule has 0 unspecified atom stereocenters. The van der Waals surface area contributed by atoms with E-state index in [2.05, 4.69) is 10.3 Å². The van der Waals surface area contributed by atoms with Gasteiger partial charge < -0.3 is 5.32 Å². The molecule has 0 radical (unpaired) electrons. The van der Waals surface area contributed by atoms with Crippen LogP contribution < -0.4 is 5.32 Å². The van der Waals surface area contributed by atoms with Crippen LogP contribution >= 0.6 is 22.9 Å². The quantitative estimate of drug-likeness (QED) is 0.542. The van der Waals surface area contributed by atoms with Crippen molar-refractivity contribution in [3.8, 4) is 0 Å². The monoisotopic (exact) mass is 489 g/mol. The van der Waals surface area contributed by atoms with E-state index in [1.165, 1.54) is 15.6 Å². The number of rotatable bonds is 6. The molecular weight excluding hydrogens is 466 g/mol. The van der Waals surface area contributed by atoms with Gasteiger partial charge in [-0.25, -0.2) is 13.4 Å². The molecule has 9 heteroatoms. The molecule has 168 valence electrons. The molecule has 32 heavy (non-hydrogen) atoms. The molecule has 1 amide bonds. The van der Waals surface area contributed by atoms with Crippen LogP contribution in [-0.2, 0) is 21.2 Å². The average molecular weight is 490 g/mol. The summed E-state index contributed by atoms with van der Waals surface area (Å²) in [4.78, 5) is 18.4. The zero-order valence-electron chi connectivity index (χ0n) is 17.6. The van der Waals surface area contributed by atoms with Gasteiger partial charge in [-0.1, -0.05) is 41.9 Å². The maximum atomic E-state index is 12.8. The fourth-order valence-corrected chi connectivity index (χ4v) is 6.25. The first-order chi connectivity index (χ1) is 15.3. The van der Waals surface area contributed by atoms with Crippen molar-refractivity contribution in [3.05, 3.63) is 75.8 Å². The van der Waals surface area contributed by atoms with Crippen LogP contribution in [0.15, 0.2) is 59.6 Å². The van der Waals surface area contributed by atoms with Gasteiger partial charge in [0, 0.05) is 41.5 Å². The van der Waals surface area contributed by atoms with Gasteiger partial charge in [0.1, 0.15) is 0 Å². The molecule has 1 N–H and O–H groups in total. The number of thiazole rings is 1. The van der Waals surface area contributed by atoms with Gasteiger partial charge in [0.05, 0.1) is 4.90 Å². The van der Waals surface area contributed by atoms with E-state index in [0.717, 1.165) is 21.0 Å². The summed E-state index contributed by atoms with van der Waals surface area (Å²) >= 11 is 7.64. The van der Waals surface area contributed by atoms with Gasteiger partial charge in [0.25, 0.3) is 0 Å².